The van der Waals surface area contributed by atoms with Crippen molar-refractivity contribution >= 4 is 17.2 Å². The Morgan fingerprint density at radius 3 is 2.42 bits per heavy atom. The zero-order valence-electron chi connectivity index (χ0n) is 16.1. The van der Waals surface area contributed by atoms with E-state index >= 15 is 0 Å². The summed E-state index contributed by atoms with van der Waals surface area (Å²) >= 11 is 0. The first-order valence-electron chi connectivity index (χ1n) is 9.54. The van der Waals surface area contributed by atoms with Crippen molar-refractivity contribution in [1.82, 2.24) is 0 Å². The van der Waals surface area contributed by atoms with Crippen LogP contribution in [0, 0.1) is 12.8 Å². The van der Waals surface area contributed by atoms with Crippen LogP contribution in [0.5, 0.6) is 0 Å². The van der Waals surface area contributed by atoms with Crippen molar-refractivity contribution < 1.29 is 4.79 Å². The molecule has 0 saturated carbocycles. The van der Waals surface area contributed by atoms with Gasteiger partial charge in [-0.2, -0.15) is 0 Å². The number of hydrogen-bond acceptors (Lipinski definition) is 1. The number of amides is 1. The number of carbonyl (C=O) groups excluding carboxylic acids is 1. The van der Waals surface area contributed by atoms with Gasteiger partial charge in [0, 0.05) is 12.6 Å². The van der Waals surface area contributed by atoms with E-state index in [1.807, 2.05) is 13.0 Å². The van der Waals surface area contributed by atoms with Gasteiger partial charge >= 0.3 is 0 Å². The fraction of sp³-hybridized carbons (Fsp3) is 0.591. The van der Waals surface area contributed by atoms with Crippen LogP contribution in [0.3, 0.4) is 0 Å². The Balaban J connectivity index is 2.52. The van der Waals surface area contributed by atoms with E-state index in [0.29, 0.717) is 0 Å². The molecule has 2 nitrogen and oxygen atoms in total. The predicted molar refractivity (Wildman–Crippen MR) is 106 cm³/mol. The number of carbonyl (C=O) groups is 1. The summed E-state index contributed by atoms with van der Waals surface area (Å²) in [5, 5.41) is 2.86. The number of allylic oxidation sites excluding steroid dienone is 1. The maximum atomic E-state index is 11.2. The van der Waals surface area contributed by atoms with Crippen molar-refractivity contribution in [1.29, 1.82) is 0 Å². The van der Waals surface area contributed by atoms with E-state index in [2.05, 4.69) is 37.9 Å². The smallest absolute Gasteiger partial charge is 0.221 e. The standard InChI is InChI=1S/C22H35NO/c1-6-8-12-20(10-7-2)13-9-11-17(3)21-14-15-22(18(4)16-21)23-19(5)24/h14-16,20H,3,6-13H2,1-2,4-5H3,(H,23,24). The molecule has 0 heterocycles. The van der Waals surface area contributed by atoms with Crippen LogP contribution in [0.1, 0.15) is 83.3 Å². The van der Waals surface area contributed by atoms with Crippen molar-refractivity contribution in [3.8, 4) is 0 Å². The van der Waals surface area contributed by atoms with E-state index < -0.39 is 0 Å². The van der Waals surface area contributed by atoms with Crippen molar-refractivity contribution in [3.63, 3.8) is 0 Å². The van der Waals surface area contributed by atoms with Crippen LogP contribution in [0.2, 0.25) is 0 Å². The molecule has 1 rings (SSSR count). The minimum atomic E-state index is -0.0290. The molecule has 0 saturated heterocycles. The van der Waals surface area contributed by atoms with Gasteiger partial charge in [0.05, 0.1) is 0 Å². The molecule has 0 spiro atoms. The summed E-state index contributed by atoms with van der Waals surface area (Å²) in [5.74, 6) is 0.852. The maximum absolute atomic E-state index is 11.2. The molecule has 0 aliphatic heterocycles. The van der Waals surface area contributed by atoms with Gasteiger partial charge in [-0.25, -0.2) is 0 Å². The molecule has 0 bridgehead atoms. The normalized spacial score (nSPS) is 12.0. The average Bonchev–Trinajstić information content (AvgIpc) is 2.54. The van der Waals surface area contributed by atoms with Crippen LogP contribution >= 0.6 is 0 Å². The quantitative estimate of drug-likeness (QED) is 0.478. The second kappa shape index (κ2) is 11.1. The van der Waals surface area contributed by atoms with Crippen molar-refractivity contribution in [2.75, 3.05) is 5.32 Å². The molecule has 0 radical (unpaired) electrons. The van der Waals surface area contributed by atoms with Gasteiger partial charge in [0.2, 0.25) is 5.91 Å². The molecule has 1 aromatic carbocycles. The average molecular weight is 330 g/mol. The Bertz CT molecular complexity index is 533. The minimum absolute atomic E-state index is 0.0290. The summed E-state index contributed by atoms with van der Waals surface area (Å²) in [7, 11) is 0. The topological polar surface area (TPSA) is 29.1 Å². The SMILES string of the molecule is C=C(CCCC(CCC)CCCC)c1ccc(NC(C)=O)c(C)c1. The summed E-state index contributed by atoms with van der Waals surface area (Å²) in [6.07, 6.45) is 10.3. The Kier molecular flexibility index (Phi) is 9.44. The molecule has 1 aromatic rings. The Labute approximate surface area is 148 Å². The summed E-state index contributed by atoms with van der Waals surface area (Å²) in [6.45, 7) is 12.4. The van der Waals surface area contributed by atoms with Gasteiger partial charge in [-0.3, -0.25) is 4.79 Å². The van der Waals surface area contributed by atoms with Crippen molar-refractivity contribution in [2.45, 2.75) is 79.1 Å². The predicted octanol–water partition coefficient (Wildman–Crippen LogP) is 6.74. The molecule has 24 heavy (non-hydrogen) atoms. The molecule has 1 atom stereocenters. The van der Waals surface area contributed by atoms with Gasteiger partial charge in [-0.15, -0.1) is 0 Å². The fourth-order valence-electron chi connectivity index (χ4n) is 3.30. The molecule has 1 N–H and O–H groups in total. The van der Waals surface area contributed by atoms with Gasteiger partial charge < -0.3 is 5.32 Å². The highest BCUT2D eigenvalue weighted by Gasteiger charge is 2.09. The summed E-state index contributed by atoms with van der Waals surface area (Å²) in [5.41, 5.74) is 4.39. The fourth-order valence-corrected chi connectivity index (χ4v) is 3.30. The molecule has 0 aliphatic rings. The van der Waals surface area contributed by atoms with Crippen molar-refractivity contribution in [3.05, 3.63) is 35.9 Å². The van der Waals surface area contributed by atoms with Crippen LogP contribution < -0.4 is 5.32 Å². The Morgan fingerprint density at radius 2 is 1.83 bits per heavy atom. The Morgan fingerprint density at radius 1 is 1.12 bits per heavy atom. The van der Waals surface area contributed by atoms with E-state index in [1.165, 1.54) is 63.0 Å². The summed E-state index contributed by atoms with van der Waals surface area (Å²) < 4.78 is 0. The highest BCUT2D eigenvalue weighted by atomic mass is 16.1. The maximum Gasteiger partial charge on any atom is 0.221 e. The zero-order valence-corrected chi connectivity index (χ0v) is 16.1. The number of unbranched alkanes of at least 4 members (excludes halogenated alkanes) is 1. The van der Waals surface area contributed by atoms with Crippen LogP contribution in [0.15, 0.2) is 24.8 Å². The second-order valence-corrected chi connectivity index (χ2v) is 7.00. The van der Waals surface area contributed by atoms with Gasteiger partial charge in [-0.05, 0) is 54.5 Å². The lowest BCUT2D eigenvalue weighted by Crippen LogP contribution is -2.07. The third-order valence-corrected chi connectivity index (χ3v) is 4.70. The number of nitrogens with one attached hydrogen (secondary N) is 1. The van der Waals surface area contributed by atoms with Gasteiger partial charge in [-0.1, -0.05) is 65.0 Å². The number of anilines is 1. The van der Waals surface area contributed by atoms with E-state index in [4.69, 9.17) is 0 Å². The minimum Gasteiger partial charge on any atom is -0.326 e. The molecule has 0 aliphatic carbocycles. The first-order valence-corrected chi connectivity index (χ1v) is 9.54. The molecular weight excluding hydrogens is 294 g/mol. The molecule has 1 amide bonds. The van der Waals surface area contributed by atoms with Crippen molar-refractivity contribution in [2.24, 2.45) is 5.92 Å². The molecule has 134 valence electrons. The van der Waals surface area contributed by atoms with Crippen LogP contribution in [-0.4, -0.2) is 5.91 Å². The Hall–Kier alpha value is -1.57. The summed E-state index contributed by atoms with van der Waals surface area (Å²) in [4.78, 5) is 11.2. The second-order valence-electron chi connectivity index (χ2n) is 7.00. The molecule has 2 heteroatoms. The van der Waals surface area contributed by atoms with Crippen LogP contribution in [0.25, 0.3) is 5.57 Å². The van der Waals surface area contributed by atoms with Gasteiger partial charge in [0.1, 0.15) is 0 Å². The number of aryl methyl sites for hydroxylation is 1. The van der Waals surface area contributed by atoms with E-state index in [1.54, 1.807) is 0 Å². The van der Waals surface area contributed by atoms with E-state index in [0.717, 1.165) is 23.6 Å². The van der Waals surface area contributed by atoms with E-state index in [9.17, 15) is 4.79 Å². The number of hydrogen-bond donors (Lipinski definition) is 1. The highest BCUT2D eigenvalue weighted by molar-refractivity contribution is 5.89. The first-order chi connectivity index (χ1) is 11.5. The lowest BCUT2D eigenvalue weighted by atomic mass is 9.90. The number of rotatable bonds is 11. The lowest BCUT2D eigenvalue weighted by Gasteiger charge is -2.16. The van der Waals surface area contributed by atoms with E-state index in [-0.39, 0.29) is 5.91 Å². The molecule has 0 aromatic heterocycles. The van der Waals surface area contributed by atoms with Gasteiger partial charge in [0.25, 0.3) is 0 Å². The largest absolute Gasteiger partial charge is 0.326 e. The lowest BCUT2D eigenvalue weighted by molar-refractivity contribution is -0.114. The van der Waals surface area contributed by atoms with Gasteiger partial charge in [0.15, 0.2) is 0 Å². The highest BCUT2D eigenvalue weighted by Crippen LogP contribution is 2.27. The monoisotopic (exact) mass is 329 g/mol. The molecule has 0 fully saturated rings. The molecule has 1 unspecified atom stereocenters. The first kappa shape index (κ1) is 20.5. The third-order valence-electron chi connectivity index (χ3n) is 4.70. The number of benzene rings is 1. The van der Waals surface area contributed by atoms with Crippen LogP contribution in [0.4, 0.5) is 5.69 Å². The zero-order chi connectivity index (χ0) is 17.9. The van der Waals surface area contributed by atoms with Crippen LogP contribution in [-0.2, 0) is 4.79 Å². The summed E-state index contributed by atoms with van der Waals surface area (Å²) in [6, 6.07) is 6.19. The molecular formula is C22H35NO. The third kappa shape index (κ3) is 7.33.